The molecule has 0 aliphatic heterocycles. The van der Waals surface area contributed by atoms with Crippen LogP contribution in [0.25, 0.3) is 0 Å². The fourth-order valence-corrected chi connectivity index (χ4v) is 2.93. The highest BCUT2D eigenvalue weighted by Crippen LogP contribution is 2.13. The molecular weight excluding hydrogens is 322 g/mol. The molecule has 22 heavy (non-hydrogen) atoms. The molecule has 9 heteroatoms. The predicted octanol–water partition coefficient (Wildman–Crippen LogP) is 0.700. The molecule has 0 aliphatic rings. The van der Waals surface area contributed by atoms with Crippen molar-refractivity contribution in [3.63, 3.8) is 0 Å². The summed E-state index contributed by atoms with van der Waals surface area (Å²) in [5.74, 6) is 0.718. The molecule has 0 unspecified atom stereocenters. The van der Waals surface area contributed by atoms with Gasteiger partial charge < -0.3 is 10.6 Å². The van der Waals surface area contributed by atoms with E-state index in [0.717, 1.165) is 30.2 Å². The molecular formula is C13H25N5O2S2. The molecule has 0 spiro atoms. The van der Waals surface area contributed by atoms with Crippen molar-refractivity contribution in [1.82, 2.24) is 20.3 Å². The van der Waals surface area contributed by atoms with Crippen LogP contribution in [0.15, 0.2) is 11.2 Å². The van der Waals surface area contributed by atoms with Crippen molar-refractivity contribution >= 4 is 27.3 Å². The maximum Gasteiger partial charge on any atom is 0.208 e. The number of rotatable bonds is 9. The summed E-state index contributed by atoms with van der Waals surface area (Å²) in [4.78, 5) is 10.1. The zero-order chi connectivity index (χ0) is 16.4. The number of aliphatic imine (C=N–C) groups is 1. The van der Waals surface area contributed by atoms with E-state index in [1.54, 1.807) is 11.3 Å². The van der Waals surface area contributed by atoms with Gasteiger partial charge in [0.2, 0.25) is 10.0 Å². The number of aryl methyl sites for hydroxylation is 1. The molecule has 0 saturated carbocycles. The number of nitrogens with one attached hydrogen (secondary N) is 3. The van der Waals surface area contributed by atoms with Crippen molar-refractivity contribution in [2.75, 3.05) is 25.9 Å². The molecule has 1 rings (SSSR count). The van der Waals surface area contributed by atoms with Gasteiger partial charge in [-0.3, -0.25) is 0 Å². The Hall–Kier alpha value is -1.19. The van der Waals surface area contributed by atoms with Gasteiger partial charge in [-0.1, -0.05) is 6.92 Å². The van der Waals surface area contributed by atoms with E-state index in [1.807, 2.05) is 13.1 Å². The van der Waals surface area contributed by atoms with Crippen molar-refractivity contribution < 1.29 is 8.42 Å². The summed E-state index contributed by atoms with van der Waals surface area (Å²) in [5, 5.41) is 7.33. The summed E-state index contributed by atoms with van der Waals surface area (Å²) in [7, 11) is -3.11. The lowest BCUT2D eigenvalue weighted by Gasteiger charge is -2.10. The standard InChI is InChI=1S/C13H25N5O2S2/c1-4-11-9-16-12(21-11)10-17-13(14-5-2)15-7-6-8-18-22(3,19)20/h9,18H,4-8,10H2,1-3H3,(H2,14,15,17). The van der Waals surface area contributed by atoms with Crippen LogP contribution in [0, 0.1) is 0 Å². The normalized spacial score (nSPS) is 12.4. The summed E-state index contributed by atoms with van der Waals surface area (Å²) in [5.41, 5.74) is 0. The number of guanidine groups is 1. The lowest BCUT2D eigenvalue weighted by Crippen LogP contribution is -2.38. The SMILES string of the molecule is CCNC(=NCc1ncc(CC)s1)NCCCNS(C)(=O)=O. The lowest BCUT2D eigenvalue weighted by molar-refractivity contribution is 0.584. The average molecular weight is 348 g/mol. The highest BCUT2D eigenvalue weighted by Gasteiger charge is 2.02. The summed E-state index contributed by atoms with van der Waals surface area (Å²) in [6.07, 6.45) is 4.74. The summed E-state index contributed by atoms with van der Waals surface area (Å²) >= 11 is 1.68. The Bertz CT molecular complexity index is 569. The van der Waals surface area contributed by atoms with Crippen molar-refractivity contribution in [1.29, 1.82) is 0 Å². The third-order valence-corrected chi connectivity index (χ3v) is 4.53. The zero-order valence-electron chi connectivity index (χ0n) is 13.3. The number of sulfonamides is 1. The zero-order valence-corrected chi connectivity index (χ0v) is 15.0. The van der Waals surface area contributed by atoms with E-state index in [4.69, 9.17) is 0 Å². The Kier molecular flexibility index (Phi) is 8.36. The molecule has 7 nitrogen and oxygen atoms in total. The first kappa shape index (κ1) is 18.9. The van der Waals surface area contributed by atoms with E-state index in [9.17, 15) is 8.42 Å². The Labute approximate surface area is 136 Å². The second-order valence-corrected chi connectivity index (χ2v) is 7.75. The summed E-state index contributed by atoms with van der Waals surface area (Å²) in [6.45, 7) is 6.48. The van der Waals surface area contributed by atoms with Crippen molar-refractivity contribution in [3.05, 3.63) is 16.1 Å². The minimum Gasteiger partial charge on any atom is -0.357 e. The van der Waals surface area contributed by atoms with Gasteiger partial charge >= 0.3 is 0 Å². The highest BCUT2D eigenvalue weighted by molar-refractivity contribution is 7.88. The van der Waals surface area contributed by atoms with Crippen LogP contribution < -0.4 is 15.4 Å². The van der Waals surface area contributed by atoms with E-state index in [2.05, 4.69) is 32.3 Å². The smallest absolute Gasteiger partial charge is 0.208 e. The van der Waals surface area contributed by atoms with Crippen LogP contribution in [0.5, 0.6) is 0 Å². The van der Waals surface area contributed by atoms with Crippen LogP contribution in [0.3, 0.4) is 0 Å². The minimum absolute atomic E-state index is 0.414. The van der Waals surface area contributed by atoms with E-state index in [0.29, 0.717) is 26.1 Å². The van der Waals surface area contributed by atoms with Crippen molar-refractivity contribution in [2.24, 2.45) is 4.99 Å². The molecule has 0 fully saturated rings. The quantitative estimate of drug-likeness (QED) is 0.347. The number of thiazole rings is 1. The molecule has 126 valence electrons. The number of aromatic nitrogens is 1. The monoisotopic (exact) mass is 347 g/mol. The van der Waals surface area contributed by atoms with Gasteiger partial charge in [0.05, 0.1) is 12.8 Å². The molecule has 1 aromatic heterocycles. The summed E-state index contributed by atoms with van der Waals surface area (Å²) < 4.78 is 24.3. The first-order valence-electron chi connectivity index (χ1n) is 7.35. The summed E-state index contributed by atoms with van der Waals surface area (Å²) in [6, 6.07) is 0. The Balaban J connectivity index is 2.38. The first-order chi connectivity index (χ1) is 10.4. The third-order valence-electron chi connectivity index (χ3n) is 2.68. The topological polar surface area (TPSA) is 95.5 Å². The Morgan fingerprint density at radius 3 is 2.68 bits per heavy atom. The van der Waals surface area contributed by atoms with Crippen LogP contribution >= 0.6 is 11.3 Å². The molecule has 1 heterocycles. The van der Waals surface area contributed by atoms with Gasteiger partial charge in [0.1, 0.15) is 5.01 Å². The van der Waals surface area contributed by atoms with Gasteiger partial charge in [-0.05, 0) is 19.8 Å². The van der Waals surface area contributed by atoms with E-state index in [-0.39, 0.29) is 0 Å². The van der Waals surface area contributed by atoms with Gasteiger partial charge in [0.15, 0.2) is 5.96 Å². The number of hydrogen-bond donors (Lipinski definition) is 3. The van der Waals surface area contributed by atoms with Gasteiger partial charge in [-0.25, -0.2) is 23.1 Å². The Morgan fingerprint density at radius 1 is 1.32 bits per heavy atom. The fraction of sp³-hybridized carbons (Fsp3) is 0.692. The van der Waals surface area contributed by atoms with Crippen molar-refractivity contribution in [2.45, 2.75) is 33.2 Å². The molecule has 0 amide bonds. The molecule has 0 radical (unpaired) electrons. The third kappa shape index (κ3) is 8.30. The van der Waals surface area contributed by atoms with Gasteiger partial charge in [-0.15, -0.1) is 11.3 Å². The first-order valence-corrected chi connectivity index (χ1v) is 10.1. The fourth-order valence-electron chi connectivity index (χ4n) is 1.63. The van der Waals surface area contributed by atoms with Crippen LogP contribution in [0.1, 0.15) is 30.2 Å². The molecule has 0 atom stereocenters. The lowest BCUT2D eigenvalue weighted by atomic mass is 10.4. The Morgan fingerprint density at radius 2 is 2.09 bits per heavy atom. The molecule has 3 N–H and O–H groups in total. The second kappa shape index (κ2) is 9.75. The number of nitrogens with zero attached hydrogens (tertiary/aromatic N) is 2. The van der Waals surface area contributed by atoms with Gasteiger partial charge in [0, 0.05) is 30.7 Å². The maximum atomic E-state index is 10.9. The van der Waals surface area contributed by atoms with E-state index in [1.165, 1.54) is 4.88 Å². The van der Waals surface area contributed by atoms with E-state index < -0.39 is 10.0 Å². The van der Waals surface area contributed by atoms with Gasteiger partial charge in [0.25, 0.3) is 0 Å². The van der Waals surface area contributed by atoms with Gasteiger partial charge in [-0.2, -0.15) is 0 Å². The minimum atomic E-state index is -3.11. The molecule has 0 bridgehead atoms. The molecule has 0 aliphatic carbocycles. The van der Waals surface area contributed by atoms with Crippen molar-refractivity contribution in [3.8, 4) is 0 Å². The molecule has 0 saturated heterocycles. The molecule has 1 aromatic rings. The van der Waals surface area contributed by atoms with Crippen LogP contribution in [-0.4, -0.2) is 45.3 Å². The highest BCUT2D eigenvalue weighted by atomic mass is 32.2. The van der Waals surface area contributed by atoms with E-state index >= 15 is 0 Å². The molecule has 0 aromatic carbocycles. The van der Waals surface area contributed by atoms with Crippen LogP contribution in [0.2, 0.25) is 0 Å². The largest absolute Gasteiger partial charge is 0.357 e. The predicted molar refractivity (Wildman–Crippen MR) is 91.8 cm³/mol. The second-order valence-electron chi connectivity index (χ2n) is 4.72. The average Bonchev–Trinajstić information content (AvgIpc) is 2.91. The van der Waals surface area contributed by atoms with Crippen LogP contribution in [0.4, 0.5) is 0 Å². The number of hydrogen-bond acceptors (Lipinski definition) is 5. The maximum absolute atomic E-state index is 10.9. The van der Waals surface area contributed by atoms with Crippen LogP contribution in [-0.2, 0) is 23.0 Å².